The number of aromatic nitrogens is 1. The molecular weight excluding hydrogens is 395 g/mol. The Bertz CT molecular complexity index is 1000. The normalized spacial score (nSPS) is 10.2. The summed E-state index contributed by atoms with van der Waals surface area (Å²) in [6.07, 6.45) is 1.69. The van der Waals surface area contributed by atoms with E-state index in [0.717, 1.165) is 11.3 Å². The summed E-state index contributed by atoms with van der Waals surface area (Å²) in [7, 11) is 0. The maximum absolute atomic E-state index is 12.9. The number of anilines is 1. The molecule has 0 saturated heterocycles. The van der Waals surface area contributed by atoms with Crippen molar-refractivity contribution < 1.29 is 4.79 Å². The second kappa shape index (κ2) is 9.23. The second-order valence-electron chi connectivity index (χ2n) is 6.04. The van der Waals surface area contributed by atoms with Crippen molar-refractivity contribution in [2.24, 2.45) is 0 Å². The predicted octanol–water partition coefficient (Wildman–Crippen LogP) is 5.49. The fraction of sp³-hybridized carbons (Fsp3) is 0.0952. The van der Waals surface area contributed by atoms with Crippen LogP contribution in [-0.2, 0) is 13.1 Å². The van der Waals surface area contributed by atoms with Gasteiger partial charge in [0.25, 0.3) is 0 Å². The molecule has 1 heterocycles. The standard InChI is InChI=1S/C21H16Cl2N4O/c22-19-9-6-16(11-20(19)23)13-27(14-18-3-1-2-10-25-18)21(28)26-17-7-4-15(12-24)5-8-17/h1-11H,13-14H2,(H,26,28). The van der Waals surface area contributed by atoms with Crippen molar-refractivity contribution in [1.29, 1.82) is 5.26 Å². The number of hydrogen-bond acceptors (Lipinski definition) is 3. The monoisotopic (exact) mass is 410 g/mol. The number of nitriles is 1. The van der Waals surface area contributed by atoms with E-state index in [1.54, 1.807) is 47.5 Å². The fourth-order valence-corrected chi connectivity index (χ4v) is 2.90. The molecule has 1 aromatic heterocycles. The van der Waals surface area contributed by atoms with Gasteiger partial charge in [0.1, 0.15) is 0 Å². The Morgan fingerprint density at radius 1 is 1.04 bits per heavy atom. The summed E-state index contributed by atoms with van der Waals surface area (Å²) in [6.45, 7) is 0.652. The lowest BCUT2D eigenvalue weighted by Crippen LogP contribution is -2.34. The van der Waals surface area contributed by atoms with Gasteiger partial charge in [-0.05, 0) is 54.1 Å². The number of nitrogens with one attached hydrogen (secondary N) is 1. The molecular formula is C21H16Cl2N4O. The summed E-state index contributed by atoms with van der Waals surface area (Å²) in [5, 5.41) is 12.6. The molecule has 2 aromatic carbocycles. The van der Waals surface area contributed by atoms with Crippen LogP contribution in [0.5, 0.6) is 0 Å². The summed E-state index contributed by atoms with van der Waals surface area (Å²) in [5.41, 5.74) is 2.74. The molecule has 3 aromatic rings. The number of pyridine rings is 1. The zero-order chi connectivity index (χ0) is 19.9. The minimum atomic E-state index is -0.290. The van der Waals surface area contributed by atoms with Crippen LogP contribution in [0.3, 0.4) is 0 Å². The average molecular weight is 411 g/mol. The van der Waals surface area contributed by atoms with Crippen LogP contribution in [0.4, 0.5) is 10.5 Å². The van der Waals surface area contributed by atoms with Crippen LogP contribution in [0.2, 0.25) is 10.0 Å². The van der Waals surface area contributed by atoms with Crippen LogP contribution in [0, 0.1) is 11.3 Å². The lowest BCUT2D eigenvalue weighted by Gasteiger charge is -2.23. The molecule has 3 rings (SSSR count). The van der Waals surface area contributed by atoms with Gasteiger partial charge in [-0.25, -0.2) is 4.79 Å². The molecule has 5 nitrogen and oxygen atoms in total. The van der Waals surface area contributed by atoms with Crippen LogP contribution in [0.15, 0.2) is 66.9 Å². The third-order valence-electron chi connectivity index (χ3n) is 3.99. The van der Waals surface area contributed by atoms with Gasteiger partial charge in [-0.15, -0.1) is 0 Å². The topological polar surface area (TPSA) is 69.0 Å². The molecule has 0 aliphatic carbocycles. The largest absolute Gasteiger partial charge is 0.322 e. The number of rotatable bonds is 5. The van der Waals surface area contributed by atoms with Gasteiger partial charge in [-0.3, -0.25) is 4.98 Å². The van der Waals surface area contributed by atoms with E-state index >= 15 is 0 Å². The molecule has 0 spiro atoms. The third kappa shape index (κ3) is 5.23. The number of hydrogen-bond donors (Lipinski definition) is 1. The van der Waals surface area contributed by atoms with E-state index in [9.17, 15) is 4.79 Å². The number of carbonyl (C=O) groups is 1. The number of carbonyl (C=O) groups excluding carboxylic acids is 1. The zero-order valence-corrected chi connectivity index (χ0v) is 16.3. The van der Waals surface area contributed by atoms with Crippen molar-refractivity contribution in [3.63, 3.8) is 0 Å². The van der Waals surface area contributed by atoms with Gasteiger partial charge in [0.15, 0.2) is 0 Å². The summed E-state index contributed by atoms with van der Waals surface area (Å²) in [6, 6.07) is 19.3. The number of amides is 2. The Morgan fingerprint density at radius 2 is 1.82 bits per heavy atom. The van der Waals surface area contributed by atoms with Gasteiger partial charge in [0.05, 0.1) is 33.9 Å². The first-order valence-electron chi connectivity index (χ1n) is 8.45. The molecule has 140 valence electrons. The summed E-state index contributed by atoms with van der Waals surface area (Å²) in [5.74, 6) is 0. The van der Waals surface area contributed by atoms with Crippen molar-refractivity contribution >= 4 is 34.9 Å². The highest BCUT2D eigenvalue weighted by molar-refractivity contribution is 6.42. The lowest BCUT2D eigenvalue weighted by atomic mass is 10.2. The van der Waals surface area contributed by atoms with Crippen LogP contribution in [0.25, 0.3) is 0 Å². The highest BCUT2D eigenvalue weighted by Crippen LogP contribution is 2.24. The van der Waals surface area contributed by atoms with Gasteiger partial charge in [0, 0.05) is 18.4 Å². The first kappa shape index (κ1) is 19.7. The Hall–Kier alpha value is -3.07. The molecule has 7 heteroatoms. The van der Waals surface area contributed by atoms with E-state index in [4.69, 9.17) is 28.5 Å². The van der Waals surface area contributed by atoms with Gasteiger partial charge in [-0.1, -0.05) is 35.3 Å². The van der Waals surface area contributed by atoms with Gasteiger partial charge in [-0.2, -0.15) is 5.26 Å². The van der Waals surface area contributed by atoms with Gasteiger partial charge >= 0.3 is 6.03 Å². The minimum Gasteiger partial charge on any atom is -0.314 e. The molecule has 0 aliphatic rings. The molecule has 0 saturated carbocycles. The van der Waals surface area contributed by atoms with E-state index in [2.05, 4.69) is 16.4 Å². The Labute approximate surface area is 173 Å². The SMILES string of the molecule is N#Cc1ccc(NC(=O)N(Cc2ccc(Cl)c(Cl)c2)Cc2ccccn2)cc1. The molecule has 0 aliphatic heterocycles. The number of halogens is 2. The number of benzene rings is 2. The van der Waals surface area contributed by atoms with Crippen molar-refractivity contribution in [1.82, 2.24) is 9.88 Å². The van der Waals surface area contributed by atoms with E-state index in [0.29, 0.717) is 34.4 Å². The second-order valence-corrected chi connectivity index (χ2v) is 6.86. The summed E-state index contributed by atoms with van der Waals surface area (Å²) < 4.78 is 0. The molecule has 0 fully saturated rings. The smallest absolute Gasteiger partial charge is 0.314 e. The van der Waals surface area contributed by atoms with Crippen LogP contribution in [-0.4, -0.2) is 15.9 Å². The zero-order valence-electron chi connectivity index (χ0n) is 14.8. The quantitative estimate of drug-likeness (QED) is 0.603. The Morgan fingerprint density at radius 3 is 2.46 bits per heavy atom. The molecule has 28 heavy (non-hydrogen) atoms. The van der Waals surface area contributed by atoms with Crippen molar-refractivity contribution in [2.45, 2.75) is 13.1 Å². The van der Waals surface area contributed by atoms with E-state index in [1.807, 2.05) is 24.3 Å². The molecule has 0 atom stereocenters. The molecule has 2 amide bonds. The maximum Gasteiger partial charge on any atom is 0.322 e. The molecule has 0 unspecified atom stereocenters. The van der Waals surface area contributed by atoms with E-state index in [-0.39, 0.29) is 6.03 Å². The van der Waals surface area contributed by atoms with E-state index < -0.39 is 0 Å². The van der Waals surface area contributed by atoms with Crippen LogP contribution in [0.1, 0.15) is 16.8 Å². The Balaban J connectivity index is 1.80. The summed E-state index contributed by atoms with van der Waals surface area (Å²) >= 11 is 12.1. The first-order chi connectivity index (χ1) is 13.5. The predicted molar refractivity (Wildman–Crippen MR) is 110 cm³/mol. The Kier molecular flexibility index (Phi) is 6.49. The lowest BCUT2D eigenvalue weighted by molar-refractivity contribution is 0.205. The van der Waals surface area contributed by atoms with E-state index in [1.165, 1.54) is 0 Å². The van der Waals surface area contributed by atoms with Crippen molar-refractivity contribution in [3.8, 4) is 6.07 Å². The summed E-state index contributed by atoms with van der Waals surface area (Å²) in [4.78, 5) is 18.8. The van der Waals surface area contributed by atoms with Crippen LogP contribution < -0.4 is 5.32 Å². The highest BCUT2D eigenvalue weighted by Gasteiger charge is 2.16. The van der Waals surface area contributed by atoms with Crippen LogP contribution >= 0.6 is 23.2 Å². The van der Waals surface area contributed by atoms with Crippen molar-refractivity contribution in [2.75, 3.05) is 5.32 Å². The minimum absolute atomic E-state index is 0.290. The molecule has 1 N–H and O–H groups in total. The maximum atomic E-state index is 12.9. The third-order valence-corrected chi connectivity index (χ3v) is 4.73. The highest BCUT2D eigenvalue weighted by atomic mass is 35.5. The molecule has 0 bridgehead atoms. The number of nitrogens with zero attached hydrogens (tertiary/aromatic N) is 3. The van der Waals surface area contributed by atoms with Crippen molar-refractivity contribution in [3.05, 3.63) is 93.7 Å². The first-order valence-corrected chi connectivity index (χ1v) is 9.20. The van der Waals surface area contributed by atoms with Gasteiger partial charge in [0.2, 0.25) is 0 Å². The average Bonchev–Trinajstić information content (AvgIpc) is 2.71. The fourth-order valence-electron chi connectivity index (χ4n) is 2.58. The van der Waals surface area contributed by atoms with Gasteiger partial charge < -0.3 is 10.2 Å². The molecule has 0 radical (unpaired) electrons. The number of urea groups is 1.